The van der Waals surface area contributed by atoms with Crippen LogP contribution in [0.2, 0.25) is 0 Å². The fourth-order valence-electron chi connectivity index (χ4n) is 1.25. The molecule has 0 aromatic carbocycles. The summed E-state index contributed by atoms with van der Waals surface area (Å²) < 4.78 is 26.0. The molecule has 0 bridgehead atoms. The van der Waals surface area contributed by atoms with E-state index in [9.17, 15) is 8.42 Å². The standard InChI is InChI=1S/C9H11N5O2S2/c1-6-2-3-11-4-7(6)5-12-18(15,16)9-14-13-8(10)17-9/h2-4,12H,5H2,1H3,(H2,10,13). The number of aromatic nitrogens is 3. The van der Waals surface area contributed by atoms with E-state index in [0.717, 1.165) is 22.5 Å². The van der Waals surface area contributed by atoms with Gasteiger partial charge in [-0.2, -0.15) is 0 Å². The quantitative estimate of drug-likeness (QED) is 0.836. The number of sulfonamides is 1. The summed E-state index contributed by atoms with van der Waals surface area (Å²) in [5.41, 5.74) is 7.12. The number of aryl methyl sites for hydroxylation is 1. The maximum atomic E-state index is 11.9. The van der Waals surface area contributed by atoms with Gasteiger partial charge in [-0.15, -0.1) is 10.2 Å². The number of hydrogen-bond acceptors (Lipinski definition) is 7. The molecule has 0 radical (unpaired) electrons. The molecule has 0 saturated carbocycles. The zero-order valence-corrected chi connectivity index (χ0v) is 11.1. The maximum absolute atomic E-state index is 11.9. The Balaban J connectivity index is 2.13. The highest BCUT2D eigenvalue weighted by Crippen LogP contribution is 2.17. The monoisotopic (exact) mass is 285 g/mol. The van der Waals surface area contributed by atoms with Crippen LogP contribution in [0, 0.1) is 6.92 Å². The molecule has 96 valence electrons. The Labute approximate surface area is 108 Å². The number of nitrogens with two attached hydrogens (primary N) is 1. The lowest BCUT2D eigenvalue weighted by Gasteiger charge is -2.05. The predicted molar refractivity (Wildman–Crippen MR) is 67.3 cm³/mol. The van der Waals surface area contributed by atoms with Gasteiger partial charge in [-0.1, -0.05) is 11.3 Å². The molecule has 18 heavy (non-hydrogen) atoms. The van der Waals surface area contributed by atoms with Crippen molar-refractivity contribution < 1.29 is 8.42 Å². The van der Waals surface area contributed by atoms with E-state index < -0.39 is 10.0 Å². The summed E-state index contributed by atoms with van der Waals surface area (Å²) in [6, 6.07) is 1.81. The van der Waals surface area contributed by atoms with Crippen molar-refractivity contribution in [3.05, 3.63) is 29.6 Å². The third-order valence-electron chi connectivity index (χ3n) is 2.25. The smallest absolute Gasteiger partial charge is 0.270 e. The molecule has 0 aliphatic carbocycles. The van der Waals surface area contributed by atoms with E-state index in [2.05, 4.69) is 19.9 Å². The number of rotatable bonds is 4. The lowest BCUT2D eigenvalue weighted by atomic mass is 10.2. The molecule has 3 N–H and O–H groups in total. The Hall–Kier alpha value is -1.58. The van der Waals surface area contributed by atoms with Gasteiger partial charge in [0.15, 0.2) is 0 Å². The molecule has 0 fully saturated rings. The Morgan fingerprint density at radius 2 is 2.22 bits per heavy atom. The summed E-state index contributed by atoms with van der Waals surface area (Å²) in [6.07, 6.45) is 3.27. The van der Waals surface area contributed by atoms with Crippen LogP contribution in [-0.2, 0) is 16.6 Å². The van der Waals surface area contributed by atoms with Gasteiger partial charge in [0.2, 0.25) is 9.47 Å². The first-order chi connectivity index (χ1) is 8.49. The fraction of sp³-hybridized carbons (Fsp3) is 0.222. The van der Waals surface area contributed by atoms with Gasteiger partial charge < -0.3 is 5.73 Å². The van der Waals surface area contributed by atoms with Gasteiger partial charge >= 0.3 is 0 Å². The van der Waals surface area contributed by atoms with Crippen LogP contribution in [0.25, 0.3) is 0 Å². The normalized spacial score (nSPS) is 11.6. The minimum atomic E-state index is -3.67. The van der Waals surface area contributed by atoms with Crippen LogP contribution in [0.5, 0.6) is 0 Å². The van der Waals surface area contributed by atoms with Crippen molar-refractivity contribution in [3.8, 4) is 0 Å². The average molecular weight is 285 g/mol. The third kappa shape index (κ3) is 2.81. The summed E-state index contributed by atoms with van der Waals surface area (Å²) in [5, 5.41) is 7.09. The summed E-state index contributed by atoms with van der Waals surface area (Å²) in [6.45, 7) is 2.04. The number of nitrogens with zero attached hydrogens (tertiary/aromatic N) is 3. The maximum Gasteiger partial charge on any atom is 0.270 e. The predicted octanol–water partition coefficient (Wildman–Crippen LogP) is 0.302. The van der Waals surface area contributed by atoms with Crippen LogP contribution in [0.1, 0.15) is 11.1 Å². The Morgan fingerprint density at radius 3 is 2.83 bits per heavy atom. The van der Waals surface area contributed by atoms with Crippen LogP contribution in [0.3, 0.4) is 0 Å². The molecular weight excluding hydrogens is 274 g/mol. The van der Waals surface area contributed by atoms with Gasteiger partial charge in [-0.3, -0.25) is 4.98 Å². The van der Waals surface area contributed by atoms with Crippen LogP contribution < -0.4 is 10.5 Å². The summed E-state index contributed by atoms with van der Waals surface area (Å²) in [7, 11) is -3.67. The van der Waals surface area contributed by atoms with Crippen molar-refractivity contribution in [3.63, 3.8) is 0 Å². The summed E-state index contributed by atoms with van der Waals surface area (Å²) in [4.78, 5) is 3.94. The zero-order valence-electron chi connectivity index (χ0n) is 9.49. The van der Waals surface area contributed by atoms with Crippen molar-refractivity contribution in [2.45, 2.75) is 17.8 Å². The summed E-state index contributed by atoms with van der Waals surface area (Å²) >= 11 is 0.823. The number of nitrogen functional groups attached to an aromatic ring is 1. The molecular formula is C9H11N5O2S2. The molecule has 0 unspecified atom stereocenters. The van der Waals surface area contributed by atoms with Crippen molar-refractivity contribution in [2.24, 2.45) is 0 Å². The second kappa shape index (κ2) is 4.96. The molecule has 0 spiro atoms. The van der Waals surface area contributed by atoms with E-state index in [0.29, 0.717) is 0 Å². The van der Waals surface area contributed by atoms with Gasteiger partial charge in [0.25, 0.3) is 10.0 Å². The Morgan fingerprint density at radius 1 is 1.44 bits per heavy atom. The first-order valence-electron chi connectivity index (χ1n) is 4.97. The molecule has 2 aromatic heterocycles. The highest BCUT2D eigenvalue weighted by atomic mass is 32.2. The molecule has 0 aliphatic heterocycles. The van der Waals surface area contributed by atoms with Crippen LogP contribution in [-0.4, -0.2) is 23.6 Å². The van der Waals surface area contributed by atoms with E-state index in [1.807, 2.05) is 13.0 Å². The molecule has 7 nitrogen and oxygen atoms in total. The van der Waals surface area contributed by atoms with E-state index in [1.54, 1.807) is 12.4 Å². The number of hydrogen-bond donors (Lipinski definition) is 2. The second-order valence-electron chi connectivity index (χ2n) is 3.53. The van der Waals surface area contributed by atoms with Crippen molar-refractivity contribution in [2.75, 3.05) is 5.73 Å². The SMILES string of the molecule is Cc1ccncc1CNS(=O)(=O)c1nnc(N)s1. The van der Waals surface area contributed by atoms with Crippen LogP contribution in [0.4, 0.5) is 5.13 Å². The summed E-state index contributed by atoms with van der Waals surface area (Å²) in [5.74, 6) is 0. The van der Waals surface area contributed by atoms with Gasteiger partial charge in [0.05, 0.1) is 0 Å². The Bertz CT molecular complexity index is 652. The van der Waals surface area contributed by atoms with Gasteiger partial charge in [-0.25, -0.2) is 13.1 Å². The Kier molecular flexibility index (Phi) is 3.55. The van der Waals surface area contributed by atoms with Crippen molar-refractivity contribution in [1.82, 2.24) is 19.9 Å². The van der Waals surface area contributed by atoms with E-state index in [-0.39, 0.29) is 16.0 Å². The van der Waals surface area contributed by atoms with Crippen LogP contribution >= 0.6 is 11.3 Å². The minimum Gasteiger partial charge on any atom is -0.374 e. The first-order valence-corrected chi connectivity index (χ1v) is 7.27. The zero-order chi connectivity index (χ0) is 13.2. The highest BCUT2D eigenvalue weighted by molar-refractivity contribution is 7.91. The van der Waals surface area contributed by atoms with Crippen LogP contribution in [0.15, 0.2) is 22.8 Å². The fourth-order valence-corrected chi connectivity index (χ4v) is 3.08. The lowest BCUT2D eigenvalue weighted by molar-refractivity contribution is 0.579. The highest BCUT2D eigenvalue weighted by Gasteiger charge is 2.19. The molecule has 0 atom stereocenters. The molecule has 2 aromatic rings. The molecule has 0 amide bonds. The first kappa shape index (κ1) is 12.9. The number of pyridine rings is 1. The average Bonchev–Trinajstić information content (AvgIpc) is 2.76. The largest absolute Gasteiger partial charge is 0.374 e. The lowest BCUT2D eigenvalue weighted by Crippen LogP contribution is -2.23. The molecule has 0 aliphatic rings. The van der Waals surface area contributed by atoms with Gasteiger partial charge in [0.1, 0.15) is 0 Å². The van der Waals surface area contributed by atoms with E-state index in [1.165, 1.54) is 0 Å². The number of nitrogens with one attached hydrogen (secondary N) is 1. The van der Waals surface area contributed by atoms with Crippen molar-refractivity contribution in [1.29, 1.82) is 0 Å². The van der Waals surface area contributed by atoms with E-state index >= 15 is 0 Å². The van der Waals surface area contributed by atoms with E-state index in [4.69, 9.17) is 5.73 Å². The molecule has 2 heterocycles. The number of anilines is 1. The van der Waals surface area contributed by atoms with Gasteiger partial charge in [-0.05, 0) is 24.1 Å². The topological polar surface area (TPSA) is 111 Å². The molecule has 9 heteroatoms. The third-order valence-corrected chi connectivity index (χ3v) is 4.77. The molecule has 2 rings (SSSR count). The van der Waals surface area contributed by atoms with Gasteiger partial charge in [0, 0.05) is 18.9 Å². The minimum absolute atomic E-state index is 0.118. The molecule has 0 saturated heterocycles. The second-order valence-corrected chi connectivity index (χ2v) is 6.48. The van der Waals surface area contributed by atoms with Crippen molar-refractivity contribution >= 4 is 26.5 Å².